The van der Waals surface area contributed by atoms with E-state index in [0.717, 1.165) is 6.20 Å². The van der Waals surface area contributed by atoms with Gasteiger partial charge in [0.25, 0.3) is 6.43 Å². The third-order valence-corrected chi connectivity index (χ3v) is 2.24. The van der Waals surface area contributed by atoms with E-state index in [1.165, 1.54) is 7.11 Å². The topological polar surface area (TPSA) is 22.1 Å². The first-order valence-electron chi connectivity index (χ1n) is 3.67. The highest BCUT2D eigenvalue weighted by molar-refractivity contribution is 9.08. The van der Waals surface area contributed by atoms with E-state index in [1.807, 2.05) is 0 Å². The Labute approximate surface area is 87.2 Å². The normalized spacial score (nSPS) is 10.7. The molecule has 0 aromatic carbocycles. The second kappa shape index (κ2) is 4.63. The first kappa shape index (κ1) is 11.3. The van der Waals surface area contributed by atoms with Gasteiger partial charge in [-0.25, -0.2) is 18.2 Å². The van der Waals surface area contributed by atoms with Crippen LogP contribution in [0.3, 0.4) is 0 Å². The number of rotatable bonds is 3. The summed E-state index contributed by atoms with van der Waals surface area (Å²) in [5.74, 6) is -1.01. The van der Waals surface area contributed by atoms with E-state index in [-0.39, 0.29) is 16.8 Å². The van der Waals surface area contributed by atoms with Crippen molar-refractivity contribution in [2.24, 2.45) is 0 Å². The van der Waals surface area contributed by atoms with Gasteiger partial charge in [-0.15, -0.1) is 0 Å². The SMILES string of the molecule is COc1ncc(F)c(CBr)c1C(F)F. The number of halogens is 4. The van der Waals surface area contributed by atoms with Crippen molar-refractivity contribution < 1.29 is 17.9 Å². The van der Waals surface area contributed by atoms with Crippen molar-refractivity contribution in [1.82, 2.24) is 4.98 Å². The number of ether oxygens (including phenoxy) is 1. The Balaban J connectivity index is 3.36. The fourth-order valence-corrected chi connectivity index (χ4v) is 1.61. The fraction of sp³-hybridized carbons (Fsp3) is 0.375. The zero-order chi connectivity index (χ0) is 10.7. The molecule has 0 N–H and O–H groups in total. The lowest BCUT2D eigenvalue weighted by Gasteiger charge is -2.10. The maximum absolute atomic E-state index is 13.0. The van der Waals surface area contributed by atoms with Gasteiger partial charge in [0, 0.05) is 10.9 Å². The second-order valence-corrected chi connectivity index (χ2v) is 3.00. The molecule has 1 rings (SSSR count). The van der Waals surface area contributed by atoms with Gasteiger partial charge < -0.3 is 4.74 Å². The molecule has 0 bridgehead atoms. The summed E-state index contributed by atoms with van der Waals surface area (Å²) in [4.78, 5) is 3.43. The molecule has 1 heterocycles. The average Bonchev–Trinajstić information content (AvgIpc) is 2.17. The molecule has 1 aromatic heterocycles. The summed E-state index contributed by atoms with van der Waals surface area (Å²) >= 11 is 2.93. The van der Waals surface area contributed by atoms with E-state index in [9.17, 15) is 13.2 Å². The van der Waals surface area contributed by atoms with Crippen LogP contribution in [-0.4, -0.2) is 12.1 Å². The van der Waals surface area contributed by atoms with Crippen LogP contribution in [0.25, 0.3) is 0 Å². The van der Waals surface area contributed by atoms with Gasteiger partial charge in [0.2, 0.25) is 5.88 Å². The second-order valence-electron chi connectivity index (χ2n) is 2.44. The van der Waals surface area contributed by atoms with E-state index >= 15 is 0 Å². The Morgan fingerprint density at radius 2 is 2.21 bits per heavy atom. The van der Waals surface area contributed by atoms with Crippen LogP contribution in [0.2, 0.25) is 0 Å². The summed E-state index contributed by atoms with van der Waals surface area (Å²) in [7, 11) is 1.21. The third kappa shape index (κ3) is 2.00. The summed E-state index contributed by atoms with van der Waals surface area (Å²) in [5.41, 5.74) is -0.615. The zero-order valence-corrected chi connectivity index (χ0v) is 8.82. The molecule has 78 valence electrons. The van der Waals surface area contributed by atoms with Gasteiger partial charge in [-0.1, -0.05) is 15.9 Å². The van der Waals surface area contributed by atoms with Crippen LogP contribution in [0.4, 0.5) is 13.2 Å². The van der Waals surface area contributed by atoms with Crippen LogP contribution in [0.15, 0.2) is 6.20 Å². The highest BCUT2D eigenvalue weighted by atomic mass is 79.9. The molecule has 0 atom stereocenters. The molecule has 0 amide bonds. The quantitative estimate of drug-likeness (QED) is 0.787. The first-order valence-corrected chi connectivity index (χ1v) is 4.79. The Hall–Kier alpha value is -0.780. The van der Waals surface area contributed by atoms with Crippen molar-refractivity contribution in [1.29, 1.82) is 0 Å². The first-order chi connectivity index (χ1) is 6.61. The Morgan fingerprint density at radius 1 is 1.57 bits per heavy atom. The van der Waals surface area contributed by atoms with Crippen molar-refractivity contribution in [2.45, 2.75) is 11.8 Å². The van der Waals surface area contributed by atoms with Crippen molar-refractivity contribution >= 4 is 15.9 Å². The monoisotopic (exact) mass is 269 g/mol. The van der Waals surface area contributed by atoms with Gasteiger partial charge in [0.15, 0.2) is 0 Å². The van der Waals surface area contributed by atoms with E-state index in [0.29, 0.717) is 0 Å². The van der Waals surface area contributed by atoms with Crippen LogP contribution < -0.4 is 4.74 Å². The number of hydrogen-bond donors (Lipinski definition) is 0. The van der Waals surface area contributed by atoms with Crippen LogP contribution in [0.1, 0.15) is 17.6 Å². The third-order valence-electron chi connectivity index (χ3n) is 1.68. The van der Waals surface area contributed by atoms with Gasteiger partial charge in [0.1, 0.15) is 5.82 Å². The summed E-state index contributed by atoms with van der Waals surface area (Å²) in [6.07, 6.45) is -1.94. The summed E-state index contributed by atoms with van der Waals surface area (Å²) in [5, 5.41) is -0.00259. The van der Waals surface area contributed by atoms with Crippen LogP contribution in [0, 0.1) is 5.82 Å². The minimum Gasteiger partial charge on any atom is -0.481 e. The van der Waals surface area contributed by atoms with Crippen molar-refractivity contribution in [2.75, 3.05) is 7.11 Å². The van der Waals surface area contributed by atoms with Crippen molar-refractivity contribution in [3.05, 3.63) is 23.1 Å². The molecule has 0 aliphatic heterocycles. The standard InChI is InChI=1S/C8H7BrF3NO/c1-14-8-6(7(11)12)4(2-9)5(10)3-13-8/h3,7H,2H2,1H3. The minimum absolute atomic E-state index is 0.00259. The predicted octanol–water partition coefficient (Wildman–Crippen LogP) is 3.06. The molecule has 14 heavy (non-hydrogen) atoms. The Bertz CT molecular complexity index is 333. The van der Waals surface area contributed by atoms with Gasteiger partial charge in [-0.3, -0.25) is 0 Å². The average molecular weight is 270 g/mol. The molecule has 6 heteroatoms. The molecule has 0 aliphatic rings. The van der Waals surface area contributed by atoms with Crippen molar-refractivity contribution in [3.8, 4) is 5.88 Å². The van der Waals surface area contributed by atoms with Gasteiger partial charge >= 0.3 is 0 Å². The van der Waals surface area contributed by atoms with Crippen LogP contribution in [-0.2, 0) is 5.33 Å². The van der Waals surface area contributed by atoms with Gasteiger partial charge in [0.05, 0.1) is 18.9 Å². The lowest BCUT2D eigenvalue weighted by molar-refractivity contribution is 0.144. The molecule has 1 aromatic rings. The predicted molar refractivity (Wildman–Crippen MR) is 48.3 cm³/mol. The summed E-state index contributed by atoms with van der Waals surface area (Å²) < 4.78 is 42.7. The van der Waals surface area contributed by atoms with E-state index < -0.39 is 17.8 Å². The number of pyridine rings is 1. The molecular formula is C8H7BrF3NO. The fourth-order valence-electron chi connectivity index (χ4n) is 1.04. The number of alkyl halides is 3. The number of methoxy groups -OCH3 is 1. The maximum Gasteiger partial charge on any atom is 0.269 e. The number of nitrogens with zero attached hydrogens (tertiary/aromatic N) is 1. The van der Waals surface area contributed by atoms with Gasteiger partial charge in [-0.2, -0.15) is 0 Å². The largest absolute Gasteiger partial charge is 0.481 e. The highest BCUT2D eigenvalue weighted by Gasteiger charge is 2.22. The Kier molecular flexibility index (Phi) is 3.74. The van der Waals surface area contributed by atoms with E-state index in [2.05, 4.69) is 25.7 Å². The number of hydrogen-bond acceptors (Lipinski definition) is 2. The van der Waals surface area contributed by atoms with Crippen LogP contribution in [0.5, 0.6) is 5.88 Å². The van der Waals surface area contributed by atoms with E-state index in [4.69, 9.17) is 0 Å². The smallest absolute Gasteiger partial charge is 0.269 e. The molecule has 0 saturated heterocycles. The molecule has 0 unspecified atom stereocenters. The summed E-state index contributed by atoms with van der Waals surface area (Å²) in [6.45, 7) is 0. The van der Waals surface area contributed by atoms with Gasteiger partial charge in [-0.05, 0) is 0 Å². The molecule has 0 saturated carbocycles. The lowest BCUT2D eigenvalue weighted by atomic mass is 10.1. The lowest BCUT2D eigenvalue weighted by Crippen LogP contribution is -2.02. The molecule has 0 spiro atoms. The molecule has 0 fully saturated rings. The maximum atomic E-state index is 13.0. The number of aromatic nitrogens is 1. The highest BCUT2D eigenvalue weighted by Crippen LogP contribution is 2.32. The molecule has 2 nitrogen and oxygen atoms in total. The Morgan fingerprint density at radius 3 is 2.64 bits per heavy atom. The zero-order valence-electron chi connectivity index (χ0n) is 7.23. The summed E-state index contributed by atoms with van der Waals surface area (Å²) in [6, 6.07) is 0. The molecular weight excluding hydrogens is 263 g/mol. The van der Waals surface area contributed by atoms with Crippen LogP contribution >= 0.6 is 15.9 Å². The molecule has 0 aliphatic carbocycles. The van der Waals surface area contributed by atoms with E-state index in [1.54, 1.807) is 0 Å². The van der Waals surface area contributed by atoms with Crippen molar-refractivity contribution in [3.63, 3.8) is 0 Å². The minimum atomic E-state index is -2.80. The molecule has 0 radical (unpaired) electrons.